The highest BCUT2D eigenvalue weighted by Gasteiger charge is 2.24. The summed E-state index contributed by atoms with van der Waals surface area (Å²) in [6.45, 7) is 4.32. The lowest BCUT2D eigenvalue weighted by Crippen LogP contribution is -2.32. The van der Waals surface area contributed by atoms with Gasteiger partial charge in [-0.25, -0.2) is 13.6 Å². The van der Waals surface area contributed by atoms with Crippen LogP contribution in [0.4, 0.5) is 0 Å². The normalized spacial score (nSPS) is 19.2. The number of nitrogens with zero attached hydrogens (tertiary/aromatic N) is 1. The monoisotopic (exact) mass is 378 g/mol. The van der Waals surface area contributed by atoms with E-state index < -0.39 is 10.0 Å². The summed E-state index contributed by atoms with van der Waals surface area (Å²) in [5.74, 6) is 2.61. The number of likely N-dealkylation sites (tertiary alicyclic amines) is 1. The van der Waals surface area contributed by atoms with E-state index in [1.807, 2.05) is 13.0 Å². The van der Waals surface area contributed by atoms with Crippen molar-refractivity contribution in [3.8, 4) is 5.75 Å². The van der Waals surface area contributed by atoms with E-state index in [9.17, 15) is 8.42 Å². The molecule has 142 valence electrons. The van der Waals surface area contributed by atoms with E-state index in [1.165, 1.54) is 31.4 Å². The van der Waals surface area contributed by atoms with Gasteiger partial charge in [-0.05, 0) is 62.7 Å². The first-order chi connectivity index (χ1) is 12.4. The summed E-state index contributed by atoms with van der Waals surface area (Å²) in [5, 5.41) is 5.11. The van der Waals surface area contributed by atoms with Crippen molar-refractivity contribution in [2.45, 2.75) is 43.5 Å². The van der Waals surface area contributed by atoms with Gasteiger partial charge < -0.3 is 9.15 Å². The topological polar surface area (TPSA) is 85.8 Å². The second-order valence-corrected chi connectivity index (χ2v) is 8.28. The van der Waals surface area contributed by atoms with Crippen molar-refractivity contribution in [2.24, 2.45) is 5.14 Å². The fourth-order valence-corrected chi connectivity index (χ4v) is 3.91. The molecule has 7 heteroatoms. The fourth-order valence-electron chi connectivity index (χ4n) is 3.40. The number of primary sulfonamides is 1. The largest absolute Gasteiger partial charge is 0.492 e. The van der Waals surface area contributed by atoms with Gasteiger partial charge in [0.2, 0.25) is 10.0 Å². The van der Waals surface area contributed by atoms with Gasteiger partial charge in [0.05, 0.1) is 10.9 Å². The van der Waals surface area contributed by atoms with Crippen molar-refractivity contribution in [1.82, 2.24) is 4.90 Å². The van der Waals surface area contributed by atoms with Crippen LogP contribution in [0.15, 0.2) is 45.7 Å². The second-order valence-electron chi connectivity index (χ2n) is 6.71. The van der Waals surface area contributed by atoms with Gasteiger partial charge in [0, 0.05) is 6.54 Å². The van der Waals surface area contributed by atoms with E-state index in [1.54, 1.807) is 12.1 Å². The van der Waals surface area contributed by atoms with Gasteiger partial charge in [-0.1, -0.05) is 12.8 Å². The van der Waals surface area contributed by atoms with E-state index >= 15 is 0 Å². The summed E-state index contributed by atoms with van der Waals surface area (Å²) in [6, 6.07) is 10.6. The Balaban J connectivity index is 1.59. The van der Waals surface area contributed by atoms with E-state index in [4.69, 9.17) is 14.3 Å². The van der Waals surface area contributed by atoms with Crippen LogP contribution < -0.4 is 9.88 Å². The standard InChI is InChI=1S/C19H26N2O4S/c1-15-6-11-19(25-15)18-5-3-2-4-12-21(18)13-14-24-16-7-9-17(10-8-16)26(20,22)23/h6-11,18H,2-5,12-14H2,1H3,(H2,20,22,23). The fraction of sp³-hybridized carbons (Fsp3) is 0.474. The smallest absolute Gasteiger partial charge is 0.238 e. The molecule has 1 unspecified atom stereocenters. The van der Waals surface area contributed by atoms with E-state index in [0.717, 1.165) is 31.0 Å². The van der Waals surface area contributed by atoms with Gasteiger partial charge in [0.1, 0.15) is 23.9 Å². The number of benzene rings is 1. The van der Waals surface area contributed by atoms with Crippen molar-refractivity contribution in [3.63, 3.8) is 0 Å². The maximum atomic E-state index is 11.3. The molecule has 3 rings (SSSR count). The molecular weight excluding hydrogens is 352 g/mol. The Labute approximate surface area is 155 Å². The summed E-state index contributed by atoms with van der Waals surface area (Å²) in [6.07, 6.45) is 4.72. The van der Waals surface area contributed by atoms with Crippen LogP contribution in [-0.4, -0.2) is 33.0 Å². The molecule has 1 atom stereocenters. The molecular formula is C19H26N2O4S. The molecule has 1 aromatic heterocycles. The number of ether oxygens (including phenoxy) is 1. The van der Waals surface area contributed by atoms with Crippen LogP contribution in [-0.2, 0) is 10.0 Å². The number of hydrogen-bond donors (Lipinski definition) is 1. The number of rotatable bonds is 6. The molecule has 0 amide bonds. The molecule has 0 aliphatic carbocycles. The van der Waals surface area contributed by atoms with Crippen LogP contribution in [0.3, 0.4) is 0 Å². The Morgan fingerprint density at radius 3 is 2.58 bits per heavy atom. The van der Waals surface area contributed by atoms with Crippen molar-refractivity contribution >= 4 is 10.0 Å². The molecule has 0 spiro atoms. The van der Waals surface area contributed by atoms with Crippen LogP contribution in [0.1, 0.15) is 43.2 Å². The van der Waals surface area contributed by atoms with Gasteiger partial charge in [-0.2, -0.15) is 0 Å². The summed E-state index contributed by atoms with van der Waals surface area (Å²) < 4.78 is 34.2. The molecule has 2 aromatic rings. The van der Waals surface area contributed by atoms with Crippen molar-refractivity contribution in [1.29, 1.82) is 0 Å². The molecule has 2 N–H and O–H groups in total. The minimum atomic E-state index is -3.67. The zero-order valence-corrected chi connectivity index (χ0v) is 15.9. The second kappa shape index (κ2) is 8.24. The highest BCUT2D eigenvalue weighted by molar-refractivity contribution is 7.89. The Morgan fingerprint density at radius 2 is 1.92 bits per heavy atom. The number of sulfonamides is 1. The molecule has 1 aromatic carbocycles. The zero-order chi connectivity index (χ0) is 18.6. The number of aryl methyl sites for hydroxylation is 1. The number of nitrogens with two attached hydrogens (primary N) is 1. The lowest BCUT2D eigenvalue weighted by molar-refractivity contribution is 0.145. The Morgan fingerprint density at radius 1 is 1.15 bits per heavy atom. The van der Waals surface area contributed by atoms with Crippen molar-refractivity contribution in [3.05, 3.63) is 47.9 Å². The van der Waals surface area contributed by atoms with Crippen LogP contribution >= 0.6 is 0 Å². The summed E-state index contributed by atoms with van der Waals surface area (Å²) in [5.41, 5.74) is 0. The zero-order valence-electron chi connectivity index (χ0n) is 15.1. The first kappa shape index (κ1) is 18.9. The molecule has 26 heavy (non-hydrogen) atoms. The molecule has 0 radical (unpaired) electrons. The minimum Gasteiger partial charge on any atom is -0.492 e. The lowest BCUT2D eigenvalue weighted by atomic mass is 10.1. The first-order valence-corrected chi connectivity index (χ1v) is 10.5. The molecule has 6 nitrogen and oxygen atoms in total. The summed E-state index contributed by atoms with van der Waals surface area (Å²) in [4.78, 5) is 2.51. The molecule has 0 saturated carbocycles. The van der Waals surface area contributed by atoms with Crippen LogP contribution in [0.25, 0.3) is 0 Å². The summed E-state index contributed by atoms with van der Waals surface area (Å²) >= 11 is 0. The third kappa shape index (κ3) is 4.87. The quantitative estimate of drug-likeness (QED) is 0.834. The molecule has 0 bridgehead atoms. The van der Waals surface area contributed by atoms with Gasteiger partial charge in [-0.3, -0.25) is 4.90 Å². The van der Waals surface area contributed by atoms with Crippen LogP contribution in [0.2, 0.25) is 0 Å². The third-order valence-electron chi connectivity index (χ3n) is 4.75. The Hall–Kier alpha value is -1.83. The maximum Gasteiger partial charge on any atom is 0.238 e. The first-order valence-electron chi connectivity index (χ1n) is 8.99. The predicted molar refractivity (Wildman–Crippen MR) is 99.5 cm³/mol. The van der Waals surface area contributed by atoms with E-state index in [-0.39, 0.29) is 4.90 Å². The summed E-state index contributed by atoms with van der Waals surface area (Å²) in [7, 11) is -3.67. The van der Waals surface area contributed by atoms with Gasteiger partial charge in [-0.15, -0.1) is 0 Å². The molecule has 1 aliphatic rings. The Bertz CT molecular complexity index is 814. The lowest BCUT2D eigenvalue weighted by Gasteiger charge is -2.28. The van der Waals surface area contributed by atoms with Gasteiger partial charge in [0.25, 0.3) is 0 Å². The predicted octanol–water partition coefficient (Wildman–Crippen LogP) is 3.23. The minimum absolute atomic E-state index is 0.0885. The number of furan rings is 1. The SMILES string of the molecule is Cc1ccc(C2CCCCCN2CCOc2ccc(S(N)(=O)=O)cc2)o1. The Kier molecular flexibility index (Phi) is 6.01. The van der Waals surface area contributed by atoms with E-state index in [2.05, 4.69) is 11.0 Å². The van der Waals surface area contributed by atoms with Crippen molar-refractivity contribution < 1.29 is 17.6 Å². The maximum absolute atomic E-state index is 11.3. The highest BCUT2D eigenvalue weighted by atomic mass is 32.2. The van der Waals surface area contributed by atoms with Crippen molar-refractivity contribution in [2.75, 3.05) is 19.7 Å². The van der Waals surface area contributed by atoms with Crippen LogP contribution in [0.5, 0.6) is 5.75 Å². The molecule has 1 aliphatic heterocycles. The molecule has 1 fully saturated rings. The highest BCUT2D eigenvalue weighted by Crippen LogP contribution is 2.31. The molecule has 1 saturated heterocycles. The number of hydrogen-bond acceptors (Lipinski definition) is 5. The third-order valence-corrected chi connectivity index (χ3v) is 5.68. The van der Waals surface area contributed by atoms with Gasteiger partial charge in [0.15, 0.2) is 0 Å². The average molecular weight is 378 g/mol. The molecule has 2 heterocycles. The average Bonchev–Trinajstić information content (AvgIpc) is 2.89. The van der Waals surface area contributed by atoms with Crippen LogP contribution in [0, 0.1) is 6.92 Å². The van der Waals surface area contributed by atoms with Gasteiger partial charge >= 0.3 is 0 Å². The van der Waals surface area contributed by atoms with E-state index in [0.29, 0.717) is 18.4 Å².